The molecule has 92 valence electrons. The number of halogens is 1. The van der Waals surface area contributed by atoms with Gasteiger partial charge in [-0.3, -0.25) is 4.79 Å². The van der Waals surface area contributed by atoms with Crippen molar-refractivity contribution in [1.82, 2.24) is 4.90 Å². The maximum absolute atomic E-state index is 11.2. The number of amides is 1. The van der Waals surface area contributed by atoms with Gasteiger partial charge >= 0.3 is 0 Å². The van der Waals surface area contributed by atoms with Gasteiger partial charge < -0.3 is 10.2 Å². The normalized spacial score (nSPS) is 13.9. The second kappa shape index (κ2) is 5.52. The van der Waals surface area contributed by atoms with Gasteiger partial charge in [0.1, 0.15) is 0 Å². The van der Waals surface area contributed by atoms with Crippen LogP contribution in [0.5, 0.6) is 0 Å². The number of nitrogens with one attached hydrogen (secondary N) is 1. The average Bonchev–Trinajstić information content (AvgIpc) is 2.65. The number of fused-ring (bicyclic) bond motifs is 1. The van der Waals surface area contributed by atoms with Crippen molar-refractivity contribution in [2.45, 2.75) is 19.4 Å². The van der Waals surface area contributed by atoms with Crippen molar-refractivity contribution in [1.29, 1.82) is 0 Å². The van der Waals surface area contributed by atoms with Crippen LogP contribution < -0.4 is 5.32 Å². The van der Waals surface area contributed by atoms with Gasteiger partial charge in [0, 0.05) is 18.1 Å². The van der Waals surface area contributed by atoms with Crippen molar-refractivity contribution in [3.63, 3.8) is 0 Å². The Labute approximate surface area is 107 Å². The summed E-state index contributed by atoms with van der Waals surface area (Å²) in [6.45, 7) is 1.90. The molecule has 3 nitrogen and oxygen atoms in total. The highest BCUT2D eigenvalue weighted by Gasteiger charge is 2.17. The smallest absolute Gasteiger partial charge is 0.228 e. The van der Waals surface area contributed by atoms with Crippen molar-refractivity contribution in [2.24, 2.45) is 0 Å². The summed E-state index contributed by atoms with van der Waals surface area (Å²) in [5, 5.41) is 2.84. The van der Waals surface area contributed by atoms with E-state index in [-0.39, 0.29) is 5.91 Å². The molecule has 17 heavy (non-hydrogen) atoms. The molecule has 4 heteroatoms. The van der Waals surface area contributed by atoms with Crippen LogP contribution in [0.25, 0.3) is 0 Å². The number of carbonyl (C=O) groups excluding carboxylic acids is 1. The van der Waals surface area contributed by atoms with Gasteiger partial charge in [0.25, 0.3) is 0 Å². The molecule has 0 saturated carbocycles. The summed E-state index contributed by atoms with van der Waals surface area (Å²) in [4.78, 5) is 13.5. The lowest BCUT2D eigenvalue weighted by molar-refractivity contribution is -0.115. The fourth-order valence-corrected chi connectivity index (χ4v) is 2.22. The second-order valence-electron chi connectivity index (χ2n) is 4.50. The first-order valence-electron chi connectivity index (χ1n) is 5.85. The number of rotatable bonds is 5. The Morgan fingerprint density at radius 1 is 1.47 bits per heavy atom. The number of benzene rings is 1. The summed E-state index contributed by atoms with van der Waals surface area (Å²) in [6.07, 6.45) is 1.51. The number of hydrogen-bond acceptors (Lipinski definition) is 2. The fourth-order valence-electron chi connectivity index (χ4n) is 2.10. The predicted molar refractivity (Wildman–Crippen MR) is 70.4 cm³/mol. The van der Waals surface area contributed by atoms with E-state index in [9.17, 15) is 4.79 Å². The first-order chi connectivity index (χ1) is 8.19. The van der Waals surface area contributed by atoms with Crippen LogP contribution in [0, 0.1) is 0 Å². The molecule has 0 spiro atoms. The lowest BCUT2D eigenvalue weighted by Crippen LogP contribution is -2.19. The van der Waals surface area contributed by atoms with E-state index in [4.69, 9.17) is 11.6 Å². The Morgan fingerprint density at radius 3 is 3.06 bits per heavy atom. The molecule has 0 saturated heterocycles. The zero-order valence-electron chi connectivity index (χ0n) is 10.0. The zero-order chi connectivity index (χ0) is 12.3. The number of carbonyl (C=O) groups is 1. The van der Waals surface area contributed by atoms with Crippen molar-refractivity contribution >= 4 is 23.2 Å². The van der Waals surface area contributed by atoms with Gasteiger partial charge in [-0.15, -0.1) is 11.6 Å². The molecule has 1 amide bonds. The molecule has 1 heterocycles. The molecule has 0 bridgehead atoms. The Hall–Kier alpha value is -1.06. The third-order valence-corrected chi connectivity index (χ3v) is 3.19. The first-order valence-corrected chi connectivity index (χ1v) is 6.38. The average molecular weight is 253 g/mol. The Balaban J connectivity index is 1.99. The number of nitrogens with zero attached hydrogens (tertiary/aromatic N) is 1. The molecular formula is C13H17ClN2O. The third kappa shape index (κ3) is 3.20. The zero-order valence-corrected chi connectivity index (χ0v) is 10.8. The Morgan fingerprint density at radius 2 is 2.29 bits per heavy atom. The van der Waals surface area contributed by atoms with Crippen molar-refractivity contribution < 1.29 is 4.79 Å². The lowest BCUT2D eigenvalue weighted by atomic mass is 10.1. The van der Waals surface area contributed by atoms with Gasteiger partial charge in [-0.1, -0.05) is 12.1 Å². The highest BCUT2D eigenvalue weighted by atomic mass is 35.5. The van der Waals surface area contributed by atoms with Gasteiger partial charge in [0.05, 0.1) is 6.42 Å². The van der Waals surface area contributed by atoms with Crippen LogP contribution in [0.4, 0.5) is 5.69 Å². The third-order valence-electron chi connectivity index (χ3n) is 2.92. The van der Waals surface area contributed by atoms with E-state index in [0.29, 0.717) is 12.3 Å². The van der Waals surface area contributed by atoms with Gasteiger partial charge in [-0.05, 0) is 37.2 Å². The van der Waals surface area contributed by atoms with Gasteiger partial charge in [-0.2, -0.15) is 0 Å². The monoisotopic (exact) mass is 252 g/mol. The largest absolute Gasteiger partial charge is 0.326 e. The summed E-state index contributed by atoms with van der Waals surface area (Å²) >= 11 is 5.67. The van der Waals surface area contributed by atoms with E-state index in [1.165, 1.54) is 5.56 Å². The van der Waals surface area contributed by atoms with Crippen molar-refractivity contribution in [3.05, 3.63) is 29.3 Å². The summed E-state index contributed by atoms with van der Waals surface area (Å²) in [5.74, 6) is 0.792. The molecule has 1 aromatic rings. The lowest BCUT2D eigenvalue weighted by Gasteiger charge is -2.16. The van der Waals surface area contributed by atoms with E-state index in [1.54, 1.807) is 0 Å². The van der Waals surface area contributed by atoms with E-state index < -0.39 is 0 Å². The molecule has 0 aliphatic carbocycles. The molecule has 1 aromatic carbocycles. The Bertz CT molecular complexity index is 420. The van der Waals surface area contributed by atoms with Gasteiger partial charge in [0.2, 0.25) is 5.91 Å². The highest BCUT2D eigenvalue weighted by Crippen LogP contribution is 2.24. The molecule has 0 atom stereocenters. The maximum Gasteiger partial charge on any atom is 0.228 e. The van der Waals surface area contributed by atoms with Crippen LogP contribution in [0.1, 0.15) is 17.5 Å². The molecule has 1 aliphatic rings. The second-order valence-corrected chi connectivity index (χ2v) is 4.87. The first kappa shape index (κ1) is 12.4. The molecule has 2 rings (SSSR count). The summed E-state index contributed by atoms with van der Waals surface area (Å²) < 4.78 is 0. The van der Waals surface area contributed by atoms with Gasteiger partial charge in [0.15, 0.2) is 0 Å². The minimum absolute atomic E-state index is 0.0904. The van der Waals surface area contributed by atoms with Crippen molar-refractivity contribution in [2.75, 3.05) is 24.8 Å². The minimum atomic E-state index is 0.0904. The standard InChI is InChI=1S/C13H17ClN2O/c1-16(6-2-5-14)9-10-3-4-12-11(7-10)8-13(17)15-12/h3-4,7H,2,5-6,8-9H2,1H3,(H,15,17). The minimum Gasteiger partial charge on any atom is -0.326 e. The van der Waals surface area contributed by atoms with Crippen LogP contribution in [0.15, 0.2) is 18.2 Å². The van der Waals surface area contributed by atoms with Crippen LogP contribution in [0.2, 0.25) is 0 Å². The molecule has 0 fully saturated rings. The molecule has 0 aromatic heterocycles. The maximum atomic E-state index is 11.2. The summed E-state index contributed by atoms with van der Waals surface area (Å²) in [5.41, 5.74) is 3.32. The Kier molecular flexibility index (Phi) is 4.02. The van der Waals surface area contributed by atoms with Crippen LogP contribution in [0.3, 0.4) is 0 Å². The predicted octanol–water partition coefficient (Wildman–Crippen LogP) is 2.24. The molecule has 1 aliphatic heterocycles. The highest BCUT2D eigenvalue weighted by molar-refractivity contribution is 6.17. The fraction of sp³-hybridized carbons (Fsp3) is 0.462. The van der Waals surface area contributed by atoms with E-state index in [0.717, 1.165) is 30.8 Å². The number of hydrogen-bond donors (Lipinski definition) is 1. The topological polar surface area (TPSA) is 32.3 Å². The van der Waals surface area contributed by atoms with E-state index in [2.05, 4.69) is 29.4 Å². The van der Waals surface area contributed by atoms with Crippen LogP contribution in [-0.2, 0) is 17.8 Å². The van der Waals surface area contributed by atoms with Crippen LogP contribution >= 0.6 is 11.6 Å². The molecule has 0 radical (unpaired) electrons. The molecule has 1 N–H and O–H groups in total. The number of anilines is 1. The van der Waals surface area contributed by atoms with Crippen LogP contribution in [-0.4, -0.2) is 30.3 Å². The van der Waals surface area contributed by atoms with E-state index in [1.807, 2.05) is 6.07 Å². The molecular weight excluding hydrogens is 236 g/mol. The van der Waals surface area contributed by atoms with E-state index >= 15 is 0 Å². The van der Waals surface area contributed by atoms with Gasteiger partial charge in [-0.25, -0.2) is 0 Å². The SMILES string of the molecule is CN(CCCCl)Cc1ccc2c(c1)CC(=O)N2. The summed E-state index contributed by atoms with van der Waals surface area (Å²) in [6, 6.07) is 6.18. The quantitative estimate of drug-likeness (QED) is 0.816. The number of alkyl halides is 1. The van der Waals surface area contributed by atoms with Crippen molar-refractivity contribution in [3.8, 4) is 0 Å². The molecule has 0 unspecified atom stereocenters. The summed E-state index contributed by atoms with van der Waals surface area (Å²) in [7, 11) is 2.09.